The summed E-state index contributed by atoms with van der Waals surface area (Å²) in [6.07, 6.45) is 0. The second-order valence-electron chi connectivity index (χ2n) is 4.81. The Morgan fingerprint density at radius 3 is 2.62 bits per heavy atom. The van der Waals surface area contributed by atoms with Gasteiger partial charge in [0.2, 0.25) is 0 Å². The normalized spacial score (nSPS) is 12.0. The Kier molecular flexibility index (Phi) is 4.48. The van der Waals surface area contributed by atoms with Crippen LogP contribution in [-0.4, -0.2) is 18.1 Å². The number of hydrogen-bond donors (Lipinski definition) is 1. The van der Waals surface area contributed by atoms with Gasteiger partial charge in [-0.3, -0.25) is 0 Å². The van der Waals surface area contributed by atoms with E-state index in [9.17, 15) is 14.3 Å². The molecule has 0 fully saturated rings. The van der Waals surface area contributed by atoms with Crippen LogP contribution in [0.1, 0.15) is 28.9 Å². The first-order chi connectivity index (χ1) is 9.90. The number of aromatic carboxylic acids is 1. The number of nitrogens with zero attached hydrogens (tertiary/aromatic N) is 1. The standard InChI is InChI=1S/C16H15ClFNO2/c1-10(11-4-3-5-12(17)8-11)19(2)15-7-6-13(18)9-14(15)16(20)21/h3-10H,1-2H3,(H,20,21). The maximum atomic E-state index is 13.2. The number of halogens is 2. The molecule has 0 aliphatic rings. The van der Waals surface area contributed by atoms with Crippen molar-refractivity contribution in [1.29, 1.82) is 0 Å². The molecular weight excluding hydrogens is 293 g/mol. The number of benzene rings is 2. The summed E-state index contributed by atoms with van der Waals surface area (Å²) >= 11 is 5.98. The van der Waals surface area contributed by atoms with E-state index in [-0.39, 0.29) is 11.6 Å². The predicted octanol–water partition coefficient (Wildman–Crippen LogP) is 4.37. The van der Waals surface area contributed by atoms with Crippen molar-refractivity contribution in [3.63, 3.8) is 0 Å². The molecule has 3 nitrogen and oxygen atoms in total. The molecule has 0 aliphatic carbocycles. The quantitative estimate of drug-likeness (QED) is 0.911. The molecule has 0 bridgehead atoms. The van der Waals surface area contributed by atoms with Gasteiger partial charge in [0.1, 0.15) is 5.82 Å². The molecule has 2 aromatic carbocycles. The minimum absolute atomic E-state index is 0.0635. The number of hydrogen-bond acceptors (Lipinski definition) is 2. The van der Waals surface area contributed by atoms with Crippen molar-refractivity contribution >= 4 is 23.3 Å². The summed E-state index contributed by atoms with van der Waals surface area (Å²) in [5.41, 5.74) is 1.34. The first-order valence-electron chi connectivity index (χ1n) is 6.41. The summed E-state index contributed by atoms with van der Waals surface area (Å²) in [6, 6.07) is 11.0. The van der Waals surface area contributed by atoms with E-state index < -0.39 is 11.8 Å². The zero-order valence-electron chi connectivity index (χ0n) is 11.7. The number of carboxylic acid groups (broad SMARTS) is 1. The Balaban J connectivity index is 2.40. The first kappa shape index (κ1) is 15.3. The van der Waals surface area contributed by atoms with Gasteiger partial charge >= 0.3 is 5.97 Å². The zero-order valence-corrected chi connectivity index (χ0v) is 12.4. The molecule has 0 heterocycles. The van der Waals surface area contributed by atoms with E-state index in [1.165, 1.54) is 12.1 Å². The van der Waals surface area contributed by atoms with Crippen LogP contribution in [0.2, 0.25) is 5.02 Å². The molecular formula is C16H15ClFNO2. The molecule has 0 aliphatic heterocycles. The van der Waals surface area contributed by atoms with E-state index >= 15 is 0 Å². The van der Waals surface area contributed by atoms with Gasteiger partial charge in [0.25, 0.3) is 0 Å². The third kappa shape index (κ3) is 3.34. The minimum Gasteiger partial charge on any atom is -0.478 e. The maximum Gasteiger partial charge on any atom is 0.337 e. The smallest absolute Gasteiger partial charge is 0.337 e. The SMILES string of the molecule is CC(c1cccc(Cl)c1)N(C)c1ccc(F)cc1C(=O)O. The average molecular weight is 308 g/mol. The Bertz CT molecular complexity index is 675. The lowest BCUT2D eigenvalue weighted by atomic mass is 10.0. The van der Waals surface area contributed by atoms with E-state index in [1.807, 2.05) is 25.1 Å². The van der Waals surface area contributed by atoms with Crippen LogP contribution >= 0.6 is 11.6 Å². The molecule has 0 radical (unpaired) electrons. The number of carboxylic acids is 1. The van der Waals surface area contributed by atoms with Gasteiger partial charge in [0.15, 0.2) is 0 Å². The van der Waals surface area contributed by atoms with Gasteiger partial charge in [-0.1, -0.05) is 23.7 Å². The Hall–Kier alpha value is -2.07. The summed E-state index contributed by atoms with van der Waals surface area (Å²) in [6.45, 7) is 1.93. The average Bonchev–Trinajstić information content (AvgIpc) is 2.45. The molecule has 0 saturated carbocycles. The van der Waals surface area contributed by atoms with Gasteiger partial charge in [-0.15, -0.1) is 0 Å². The summed E-state index contributed by atoms with van der Waals surface area (Å²) < 4.78 is 13.2. The number of carbonyl (C=O) groups is 1. The molecule has 0 aromatic heterocycles. The Morgan fingerprint density at radius 2 is 2.00 bits per heavy atom. The minimum atomic E-state index is -1.16. The first-order valence-corrected chi connectivity index (χ1v) is 6.79. The van der Waals surface area contributed by atoms with Crippen LogP contribution in [0.25, 0.3) is 0 Å². The summed E-state index contributed by atoms with van der Waals surface area (Å²) in [5, 5.41) is 9.84. The highest BCUT2D eigenvalue weighted by molar-refractivity contribution is 6.30. The van der Waals surface area contributed by atoms with E-state index in [0.29, 0.717) is 10.7 Å². The van der Waals surface area contributed by atoms with Gasteiger partial charge in [-0.2, -0.15) is 0 Å². The van der Waals surface area contributed by atoms with Crippen LogP contribution in [0.15, 0.2) is 42.5 Å². The van der Waals surface area contributed by atoms with Crippen molar-refractivity contribution in [1.82, 2.24) is 0 Å². The lowest BCUT2D eigenvalue weighted by Crippen LogP contribution is -2.23. The molecule has 0 saturated heterocycles. The highest BCUT2D eigenvalue weighted by atomic mass is 35.5. The van der Waals surface area contributed by atoms with Crippen LogP contribution < -0.4 is 4.90 Å². The molecule has 2 rings (SSSR count). The van der Waals surface area contributed by atoms with Gasteiger partial charge in [0.05, 0.1) is 17.3 Å². The van der Waals surface area contributed by atoms with Crippen molar-refractivity contribution in [2.24, 2.45) is 0 Å². The largest absolute Gasteiger partial charge is 0.478 e. The molecule has 1 N–H and O–H groups in total. The van der Waals surface area contributed by atoms with Gasteiger partial charge in [0, 0.05) is 12.1 Å². The Morgan fingerprint density at radius 1 is 1.29 bits per heavy atom. The molecule has 2 aromatic rings. The van der Waals surface area contributed by atoms with Gasteiger partial charge in [-0.05, 0) is 42.8 Å². The second kappa shape index (κ2) is 6.14. The molecule has 21 heavy (non-hydrogen) atoms. The number of rotatable bonds is 4. The lowest BCUT2D eigenvalue weighted by Gasteiger charge is -2.28. The van der Waals surface area contributed by atoms with Crippen LogP contribution in [0.5, 0.6) is 0 Å². The highest BCUT2D eigenvalue weighted by Crippen LogP contribution is 2.29. The van der Waals surface area contributed by atoms with Crippen molar-refractivity contribution in [3.05, 3.63) is 64.4 Å². The van der Waals surface area contributed by atoms with E-state index in [2.05, 4.69) is 0 Å². The molecule has 1 atom stereocenters. The zero-order chi connectivity index (χ0) is 15.6. The van der Waals surface area contributed by atoms with Crippen molar-refractivity contribution < 1.29 is 14.3 Å². The Labute approximate surface area is 127 Å². The fraction of sp³-hybridized carbons (Fsp3) is 0.188. The fourth-order valence-electron chi connectivity index (χ4n) is 2.19. The molecule has 110 valence electrons. The summed E-state index contributed by atoms with van der Waals surface area (Å²) in [4.78, 5) is 13.1. The van der Waals surface area contributed by atoms with Crippen LogP contribution in [0.3, 0.4) is 0 Å². The molecule has 0 spiro atoms. The molecule has 0 amide bonds. The predicted molar refractivity (Wildman–Crippen MR) is 81.6 cm³/mol. The monoisotopic (exact) mass is 307 g/mol. The van der Waals surface area contributed by atoms with E-state index in [4.69, 9.17) is 11.6 Å². The fourth-order valence-corrected chi connectivity index (χ4v) is 2.38. The highest BCUT2D eigenvalue weighted by Gasteiger charge is 2.19. The van der Waals surface area contributed by atoms with Crippen molar-refractivity contribution in [2.75, 3.05) is 11.9 Å². The van der Waals surface area contributed by atoms with E-state index in [0.717, 1.165) is 11.6 Å². The summed E-state index contributed by atoms with van der Waals surface area (Å²) in [7, 11) is 1.77. The maximum absolute atomic E-state index is 13.2. The summed E-state index contributed by atoms with van der Waals surface area (Å²) in [5.74, 6) is -1.73. The van der Waals surface area contributed by atoms with Crippen molar-refractivity contribution in [3.8, 4) is 0 Å². The third-order valence-corrected chi connectivity index (χ3v) is 3.72. The lowest BCUT2D eigenvalue weighted by molar-refractivity contribution is 0.0697. The van der Waals surface area contributed by atoms with E-state index in [1.54, 1.807) is 18.0 Å². The van der Waals surface area contributed by atoms with Crippen LogP contribution in [0, 0.1) is 5.82 Å². The topological polar surface area (TPSA) is 40.5 Å². The van der Waals surface area contributed by atoms with Crippen LogP contribution in [0.4, 0.5) is 10.1 Å². The molecule has 5 heteroatoms. The molecule has 1 unspecified atom stereocenters. The second-order valence-corrected chi connectivity index (χ2v) is 5.24. The third-order valence-electron chi connectivity index (χ3n) is 3.48. The van der Waals surface area contributed by atoms with Gasteiger partial charge < -0.3 is 10.0 Å². The number of anilines is 1. The van der Waals surface area contributed by atoms with Gasteiger partial charge in [-0.25, -0.2) is 9.18 Å². The van der Waals surface area contributed by atoms with Crippen LogP contribution in [-0.2, 0) is 0 Å². The van der Waals surface area contributed by atoms with Crippen molar-refractivity contribution in [2.45, 2.75) is 13.0 Å².